The predicted molar refractivity (Wildman–Crippen MR) is 118 cm³/mol. The smallest absolute Gasteiger partial charge is 0.379 e. The first-order valence-electron chi connectivity index (χ1n) is 10.3. The van der Waals surface area contributed by atoms with Crippen LogP contribution in [0.4, 0.5) is 30.4 Å². The van der Waals surface area contributed by atoms with Gasteiger partial charge in [-0.25, -0.2) is 4.98 Å². The minimum atomic E-state index is -4.70. The lowest BCUT2D eigenvalue weighted by molar-refractivity contribution is -0.384. The number of piperidine rings is 1. The quantitative estimate of drug-likeness (QED) is 0.432. The van der Waals surface area contributed by atoms with E-state index in [9.17, 15) is 32.9 Å². The Morgan fingerprint density at radius 1 is 1.21 bits per heavy atom. The fourth-order valence-corrected chi connectivity index (χ4v) is 3.65. The molecular weight excluding hydrogens is 479 g/mol. The Kier molecular flexibility index (Phi) is 7.92. The molecule has 3 rings (SSSR count). The van der Waals surface area contributed by atoms with Crippen molar-refractivity contribution in [3.05, 3.63) is 57.2 Å². The lowest BCUT2D eigenvalue weighted by Gasteiger charge is -2.31. The van der Waals surface area contributed by atoms with Crippen molar-refractivity contribution in [3.8, 4) is 0 Å². The number of nitro groups is 1. The summed E-state index contributed by atoms with van der Waals surface area (Å²) in [7, 11) is 0. The summed E-state index contributed by atoms with van der Waals surface area (Å²) in [5.74, 6) is -0.315. The fraction of sp³-hybridized carbons (Fsp3) is 0.381. The second kappa shape index (κ2) is 10.7. The van der Waals surface area contributed by atoms with Gasteiger partial charge in [-0.2, -0.15) is 13.2 Å². The van der Waals surface area contributed by atoms with Gasteiger partial charge in [-0.1, -0.05) is 11.6 Å². The number of nitro benzene ring substituents is 1. The van der Waals surface area contributed by atoms with E-state index < -0.39 is 22.4 Å². The molecule has 2 N–H and O–H groups in total. The highest BCUT2D eigenvalue weighted by Gasteiger charge is 2.33. The molecule has 9 nitrogen and oxygen atoms in total. The summed E-state index contributed by atoms with van der Waals surface area (Å²) in [6.07, 6.45) is -2.37. The van der Waals surface area contributed by atoms with Crippen LogP contribution in [0.3, 0.4) is 0 Å². The topological polar surface area (TPSA) is 117 Å². The second-order valence-corrected chi connectivity index (χ2v) is 8.11. The molecule has 0 unspecified atom stereocenters. The van der Waals surface area contributed by atoms with Crippen LogP contribution in [0.25, 0.3) is 0 Å². The molecule has 0 aliphatic carbocycles. The van der Waals surface area contributed by atoms with E-state index >= 15 is 0 Å². The van der Waals surface area contributed by atoms with Crippen LogP contribution in [0.1, 0.15) is 24.8 Å². The Balaban J connectivity index is 1.47. The van der Waals surface area contributed by atoms with Gasteiger partial charge in [-0.3, -0.25) is 19.7 Å². The third-order valence-corrected chi connectivity index (χ3v) is 5.60. The van der Waals surface area contributed by atoms with Crippen LogP contribution < -0.4 is 10.6 Å². The Labute approximate surface area is 197 Å². The van der Waals surface area contributed by atoms with Gasteiger partial charge in [0.25, 0.3) is 5.69 Å². The molecule has 2 amide bonds. The summed E-state index contributed by atoms with van der Waals surface area (Å²) in [5.41, 5.74) is -1.94. The minimum absolute atomic E-state index is 0.00763. The van der Waals surface area contributed by atoms with E-state index in [1.165, 1.54) is 6.20 Å². The van der Waals surface area contributed by atoms with Crippen molar-refractivity contribution in [3.63, 3.8) is 0 Å². The highest BCUT2D eigenvalue weighted by atomic mass is 35.5. The normalized spacial score (nSPS) is 14.5. The van der Waals surface area contributed by atoms with Gasteiger partial charge in [0.05, 0.1) is 15.5 Å². The molecule has 1 fully saturated rings. The Morgan fingerprint density at radius 3 is 2.50 bits per heavy atom. The van der Waals surface area contributed by atoms with Gasteiger partial charge in [0.2, 0.25) is 11.8 Å². The van der Waals surface area contributed by atoms with E-state index in [0.29, 0.717) is 42.8 Å². The summed E-state index contributed by atoms with van der Waals surface area (Å²) < 4.78 is 38.4. The number of anilines is 2. The monoisotopic (exact) mass is 499 g/mol. The van der Waals surface area contributed by atoms with Gasteiger partial charge in [0.1, 0.15) is 11.5 Å². The summed E-state index contributed by atoms with van der Waals surface area (Å²) in [6.45, 7) is 0.741. The van der Waals surface area contributed by atoms with Gasteiger partial charge in [0.15, 0.2) is 0 Å². The molecule has 0 spiro atoms. The zero-order valence-electron chi connectivity index (χ0n) is 17.8. The van der Waals surface area contributed by atoms with E-state index in [1.54, 1.807) is 17.0 Å². The molecule has 1 saturated heterocycles. The molecule has 34 heavy (non-hydrogen) atoms. The lowest BCUT2D eigenvalue weighted by Crippen LogP contribution is -2.42. The number of aromatic nitrogens is 1. The number of halogens is 4. The van der Waals surface area contributed by atoms with Crippen LogP contribution in [0.15, 0.2) is 36.5 Å². The minimum Gasteiger partial charge on any atom is -0.379 e. The zero-order valence-corrected chi connectivity index (χ0v) is 18.5. The van der Waals surface area contributed by atoms with Crippen LogP contribution in [0, 0.1) is 16.0 Å². The average molecular weight is 500 g/mol. The van der Waals surface area contributed by atoms with E-state index in [1.807, 2.05) is 0 Å². The third kappa shape index (κ3) is 6.56. The number of likely N-dealkylation sites (tertiary alicyclic amines) is 1. The largest absolute Gasteiger partial charge is 0.416 e. The number of nitrogens with zero attached hydrogens (tertiary/aromatic N) is 3. The number of carbonyl (C=O) groups is 2. The Hall–Kier alpha value is -3.41. The van der Waals surface area contributed by atoms with Crippen molar-refractivity contribution in [2.45, 2.75) is 25.4 Å². The molecule has 1 aliphatic rings. The number of pyridine rings is 1. The van der Waals surface area contributed by atoms with Crippen LogP contribution in [-0.4, -0.2) is 46.3 Å². The van der Waals surface area contributed by atoms with E-state index in [4.69, 9.17) is 11.6 Å². The van der Waals surface area contributed by atoms with Crippen LogP contribution in [0.5, 0.6) is 0 Å². The molecule has 182 valence electrons. The number of amides is 2. The molecular formula is C21H21ClF3N5O4. The molecule has 0 atom stereocenters. The number of nitrogens with one attached hydrogen (secondary N) is 2. The van der Waals surface area contributed by atoms with Crippen LogP contribution in [0.2, 0.25) is 5.02 Å². The second-order valence-electron chi connectivity index (χ2n) is 7.67. The molecule has 0 saturated carbocycles. The highest BCUT2D eigenvalue weighted by Crippen LogP contribution is 2.35. The number of carbonyl (C=O) groups excluding carboxylic acids is 2. The number of benzene rings is 1. The molecule has 1 aromatic heterocycles. The molecule has 2 heterocycles. The average Bonchev–Trinajstić information content (AvgIpc) is 2.80. The maximum atomic E-state index is 12.8. The van der Waals surface area contributed by atoms with Gasteiger partial charge in [-0.05, 0) is 37.1 Å². The fourth-order valence-electron chi connectivity index (χ4n) is 3.54. The number of hydrogen-bond donors (Lipinski definition) is 2. The van der Waals surface area contributed by atoms with Crippen molar-refractivity contribution in [2.75, 3.05) is 30.3 Å². The first-order chi connectivity index (χ1) is 16.0. The van der Waals surface area contributed by atoms with Crippen molar-refractivity contribution in [1.29, 1.82) is 0 Å². The van der Waals surface area contributed by atoms with Crippen molar-refractivity contribution >= 4 is 40.6 Å². The van der Waals surface area contributed by atoms with Gasteiger partial charge in [0, 0.05) is 44.2 Å². The third-order valence-electron chi connectivity index (χ3n) is 5.37. The number of rotatable bonds is 7. The summed E-state index contributed by atoms with van der Waals surface area (Å²) in [5, 5.41) is 17.0. The van der Waals surface area contributed by atoms with E-state index in [-0.39, 0.29) is 36.4 Å². The SMILES string of the molecule is O=C(Nc1ccc(Cl)cn1)C1CCN(C(=O)CCNc2ccc(C(F)(F)F)cc2[N+](=O)[O-])CC1. The Bertz CT molecular complexity index is 1060. The Morgan fingerprint density at radius 2 is 1.91 bits per heavy atom. The summed E-state index contributed by atoms with van der Waals surface area (Å²) in [4.78, 5) is 40.7. The number of hydrogen-bond acceptors (Lipinski definition) is 6. The first kappa shape index (κ1) is 25.2. The maximum absolute atomic E-state index is 12.8. The zero-order chi connectivity index (χ0) is 24.9. The number of alkyl halides is 3. The van der Waals surface area contributed by atoms with Crippen molar-refractivity contribution in [2.24, 2.45) is 5.92 Å². The molecule has 1 aromatic carbocycles. The molecule has 0 bridgehead atoms. The predicted octanol–water partition coefficient (Wildman–Crippen LogP) is 4.34. The van der Waals surface area contributed by atoms with Crippen molar-refractivity contribution in [1.82, 2.24) is 9.88 Å². The molecule has 2 aromatic rings. The maximum Gasteiger partial charge on any atom is 0.416 e. The van der Waals surface area contributed by atoms with Gasteiger partial charge in [-0.15, -0.1) is 0 Å². The molecule has 1 aliphatic heterocycles. The lowest BCUT2D eigenvalue weighted by atomic mass is 9.95. The molecule has 13 heteroatoms. The van der Waals surface area contributed by atoms with Gasteiger partial charge >= 0.3 is 6.18 Å². The first-order valence-corrected chi connectivity index (χ1v) is 10.7. The van der Waals surface area contributed by atoms with Crippen LogP contribution in [-0.2, 0) is 15.8 Å². The van der Waals surface area contributed by atoms with E-state index in [0.717, 1.165) is 12.1 Å². The standard InChI is InChI=1S/C21H21ClF3N5O4/c22-15-2-4-18(27-12-15)28-20(32)13-6-9-29(10-7-13)19(31)5-8-26-16-3-1-14(21(23,24)25)11-17(16)30(33)34/h1-4,11-13,26H,5-10H2,(H,27,28,32). The van der Waals surface area contributed by atoms with Gasteiger partial charge < -0.3 is 15.5 Å². The summed E-state index contributed by atoms with van der Waals surface area (Å²) >= 11 is 5.77. The van der Waals surface area contributed by atoms with Crippen molar-refractivity contribution < 1.29 is 27.7 Å². The molecule has 0 radical (unpaired) electrons. The summed E-state index contributed by atoms with van der Waals surface area (Å²) in [6, 6.07) is 5.38. The van der Waals surface area contributed by atoms with E-state index in [2.05, 4.69) is 15.6 Å². The van der Waals surface area contributed by atoms with Crippen LogP contribution >= 0.6 is 11.6 Å². The highest BCUT2D eigenvalue weighted by molar-refractivity contribution is 6.30.